The number of hydrogen-bond acceptors (Lipinski definition) is 6. The Hall–Kier alpha value is -4.19. The number of Topliss-reactive ketones (excluding diaryl/α,β-unsaturated/α-hetero) is 1. The lowest BCUT2D eigenvalue weighted by atomic mass is 9.97. The minimum atomic E-state index is -0.949. The van der Waals surface area contributed by atoms with Gasteiger partial charge < -0.3 is 20.4 Å². The fourth-order valence-corrected chi connectivity index (χ4v) is 4.47. The van der Waals surface area contributed by atoms with Crippen LogP contribution >= 0.6 is 0 Å². The van der Waals surface area contributed by atoms with Crippen LogP contribution in [0.1, 0.15) is 41.7 Å². The van der Waals surface area contributed by atoms with Crippen molar-refractivity contribution in [1.82, 2.24) is 20.6 Å². The Labute approximate surface area is 202 Å². The number of pyridine rings is 1. The number of methoxy groups -OCH3 is 1. The number of benzene rings is 1. The molecule has 2 amide bonds. The van der Waals surface area contributed by atoms with Gasteiger partial charge in [0.05, 0.1) is 13.2 Å². The predicted molar refractivity (Wildman–Crippen MR) is 129 cm³/mol. The summed E-state index contributed by atoms with van der Waals surface area (Å²) in [5.41, 5.74) is 1.76. The fraction of sp³-hybridized carbons (Fsp3) is 0.346. The maximum atomic E-state index is 13.2. The van der Waals surface area contributed by atoms with Gasteiger partial charge in [-0.05, 0) is 49.1 Å². The molecular weight excluding hydrogens is 446 g/mol. The van der Waals surface area contributed by atoms with Crippen LogP contribution in [0.15, 0.2) is 48.8 Å². The molecule has 180 valence electrons. The molecule has 0 bridgehead atoms. The lowest BCUT2D eigenvalue weighted by Gasteiger charge is -2.21. The number of aromatic nitrogens is 2. The first-order chi connectivity index (χ1) is 17.0. The normalized spacial score (nSPS) is 16.9. The Morgan fingerprint density at radius 1 is 1.29 bits per heavy atom. The molecule has 35 heavy (non-hydrogen) atoms. The average molecular weight is 474 g/mol. The number of carbonyl (C=O) groups excluding carboxylic acids is 3. The first-order valence-electron chi connectivity index (χ1n) is 11.6. The van der Waals surface area contributed by atoms with Crippen LogP contribution in [0.3, 0.4) is 0 Å². The molecule has 0 spiro atoms. The number of ether oxygens (including phenoxy) is 1. The zero-order valence-corrected chi connectivity index (χ0v) is 19.4. The van der Waals surface area contributed by atoms with Crippen LogP contribution in [0.25, 0.3) is 10.9 Å². The Morgan fingerprint density at radius 2 is 2.14 bits per heavy atom. The number of rotatable bonds is 9. The van der Waals surface area contributed by atoms with E-state index in [2.05, 4.69) is 26.7 Å². The van der Waals surface area contributed by atoms with Gasteiger partial charge in [0.1, 0.15) is 29.3 Å². The number of ketones is 1. The van der Waals surface area contributed by atoms with Crippen molar-refractivity contribution in [3.05, 3.63) is 60.0 Å². The van der Waals surface area contributed by atoms with Crippen LogP contribution in [0.5, 0.6) is 5.75 Å². The van der Waals surface area contributed by atoms with Crippen molar-refractivity contribution in [2.75, 3.05) is 7.11 Å². The molecule has 1 aliphatic rings. The van der Waals surface area contributed by atoms with Crippen molar-refractivity contribution in [3.8, 4) is 11.8 Å². The quantitative estimate of drug-likeness (QED) is 0.437. The number of fused-ring (bicyclic) bond motifs is 1. The van der Waals surface area contributed by atoms with Crippen LogP contribution in [-0.4, -0.2) is 46.8 Å². The predicted octanol–water partition coefficient (Wildman–Crippen LogP) is 2.68. The summed E-state index contributed by atoms with van der Waals surface area (Å²) < 4.78 is 5.36. The monoisotopic (exact) mass is 473 g/mol. The molecule has 4 rings (SSSR count). The third kappa shape index (κ3) is 5.66. The van der Waals surface area contributed by atoms with Crippen LogP contribution in [0.2, 0.25) is 0 Å². The maximum absolute atomic E-state index is 13.2. The summed E-state index contributed by atoms with van der Waals surface area (Å²) in [4.78, 5) is 45.5. The number of hydrogen-bond donors (Lipinski definition) is 3. The smallest absolute Gasteiger partial charge is 0.268 e. The second-order valence-corrected chi connectivity index (χ2v) is 8.68. The molecule has 2 aromatic heterocycles. The van der Waals surface area contributed by atoms with E-state index >= 15 is 0 Å². The van der Waals surface area contributed by atoms with Crippen LogP contribution in [0.4, 0.5) is 0 Å². The van der Waals surface area contributed by atoms with E-state index in [0.29, 0.717) is 12.2 Å². The molecule has 9 heteroatoms. The minimum Gasteiger partial charge on any atom is -0.496 e. The van der Waals surface area contributed by atoms with E-state index in [-0.39, 0.29) is 30.2 Å². The number of nitriles is 1. The van der Waals surface area contributed by atoms with Gasteiger partial charge in [-0.15, -0.1) is 0 Å². The van der Waals surface area contributed by atoms with Gasteiger partial charge in [-0.3, -0.25) is 19.4 Å². The molecule has 0 aliphatic heterocycles. The summed E-state index contributed by atoms with van der Waals surface area (Å²) in [6, 6.07) is 11.0. The van der Waals surface area contributed by atoms with Crippen molar-refractivity contribution >= 4 is 28.5 Å². The molecule has 1 unspecified atom stereocenters. The summed E-state index contributed by atoms with van der Waals surface area (Å²) in [5, 5.41) is 15.8. The zero-order valence-electron chi connectivity index (χ0n) is 19.4. The summed E-state index contributed by atoms with van der Waals surface area (Å²) in [5.74, 6) is -0.415. The Bertz CT molecular complexity index is 1260. The minimum absolute atomic E-state index is 0.133. The van der Waals surface area contributed by atoms with Crippen LogP contribution in [0, 0.1) is 17.2 Å². The Balaban J connectivity index is 1.52. The van der Waals surface area contributed by atoms with Crippen molar-refractivity contribution in [3.63, 3.8) is 0 Å². The molecule has 3 aromatic rings. The largest absolute Gasteiger partial charge is 0.496 e. The second kappa shape index (κ2) is 10.8. The SMILES string of the molecule is COc1cccc2[nH]c(C(=O)N[C@@H](Cc3cccnc3)C(=O)NC(C#N)C[C@@H]3CCCC3=O)cc12. The van der Waals surface area contributed by atoms with Gasteiger partial charge in [0.25, 0.3) is 5.91 Å². The number of amides is 2. The molecule has 1 aliphatic carbocycles. The average Bonchev–Trinajstić information content (AvgIpc) is 3.49. The van der Waals surface area contributed by atoms with Crippen molar-refractivity contribution in [2.45, 2.75) is 44.2 Å². The van der Waals surface area contributed by atoms with Crippen molar-refractivity contribution in [2.24, 2.45) is 5.92 Å². The van der Waals surface area contributed by atoms with E-state index in [9.17, 15) is 19.6 Å². The molecular formula is C26H27N5O4. The van der Waals surface area contributed by atoms with Gasteiger partial charge >= 0.3 is 0 Å². The number of nitrogens with one attached hydrogen (secondary N) is 3. The molecule has 3 N–H and O–H groups in total. The van der Waals surface area contributed by atoms with Gasteiger partial charge in [0.15, 0.2) is 0 Å². The second-order valence-electron chi connectivity index (χ2n) is 8.68. The van der Waals surface area contributed by atoms with Gasteiger partial charge in [0.2, 0.25) is 5.91 Å². The highest BCUT2D eigenvalue weighted by Crippen LogP contribution is 2.27. The first kappa shape index (κ1) is 24.0. The number of aromatic amines is 1. The molecule has 3 atom stereocenters. The van der Waals surface area contributed by atoms with Crippen molar-refractivity contribution < 1.29 is 19.1 Å². The van der Waals surface area contributed by atoms with Crippen LogP contribution < -0.4 is 15.4 Å². The fourth-order valence-electron chi connectivity index (χ4n) is 4.47. The number of nitrogens with zero attached hydrogens (tertiary/aromatic N) is 2. The molecule has 1 saturated carbocycles. The van der Waals surface area contributed by atoms with E-state index in [1.54, 1.807) is 37.7 Å². The summed E-state index contributed by atoms with van der Waals surface area (Å²) in [7, 11) is 1.56. The molecule has 9 nitrogen and oxygen atoms in total. The molecule has 1 fully saturated rings. The van der Waals surface area contributed by atoms with Gasteiger partial charge in [-0.2, -0.15) is 5.26 Å². The number of carbonyl (C=O) groups is 3. The summed E-state index contributed by atoms with van der Waals surface area (Å²) >= 11 is 0. The Kier molecular flexibility index (Phi) is 7.41. The molecule has 2 heterocycles. The number of H-pyrrole nitrogens is 1. The van der Waals surface area contributed by atoms with Gasteiger partial charge in [-0.1, -0.05) is 12.1 Å². The highest BCUT2D eigenvalue weighted by molar-refractivity contribution is 6.01. The van der Waals surface area contributed by atoms with E-state index in [1.165, 1.54) is 0 Å². The van der Waals surface area contributed by atoms with Gasteiger partial charge in [0, 0.05) is 42.1 Å². The lowest BCUT2D eigenvalue weighted by Crippen LogP contribution is -2.51. The summed E-state index contributed by atoms with van der Waals surface area (Å²) in [6.45, 7) is 0. The highest BCUT2D eigenvalue weighted by atomic mass is 16.5. The van der Waals surface area contributed by atoms with E-state index in [1.807, 2.05) is 18.2 Å². The van der Waals surface area contributed by atoms with Crippen molar-refractivity contribution in [1.29, 1.82) is 5.26 Å². The first-order valence-corrected chi connectivity index (χ1v) is 11.6. The summed E-state index contributed by atoms with van der Waals surface area (Å²) in [6.07, 6.45) is 5.77. The third-order valence-corrected chi connectivity index (χ3v) is 6.30. The standard InChI is InChI=1S/C26H27N5O4/c1-35-24-9-3-7-20-19(24)13-22(30-20)26(34)31-21(11-16-5-4-10-28-15-16)25(33)29-18(14-27)12-17-6-2-8-23(17)32/h3-5,7,9-10,13,15,17-18,21,30H,2,6,8,11-12H2,1H3,(H,29,33)(H,31,34)/t17-,18?,21-/m0/s1. The molecule has 0 radical (unpaired) electrons. The van der Waals surface area contributed by atoms with E-state index in [4.69, 9.17) is 4.74 Å². The lowest BCUT2D eigenvalue weighted by molar-refractivity contribution is -0.124. The maximum Gasteiger partial charge on any atom is 0.268 e. The molecule has 0 saturated heterocycles. The zero-order chi connectivity index (χ0) is 24.8. The highest BCUT2D eigenvalue weighted by Gasteiger charge is 2.30. The topological polar surface area (TPSA) is 137 Å². The molecule has 1 aromatic carbocycles. The van der Waals surface area contributed by atoms with E-state index < -0.39 is 23.9 Å². The van der Waals surface area contributed by atoms with Crippen LogP contribution in [-0.2, 0) is 16.0 Å². The third-order valence-electron chi connectivity index (χ3n) is 6.30. The van der Waals surface area contributed by atoms with E-state index in [0.717, 1.165) is 29.3 Å². The Morgan fingerprint density at radius 3 is 2.83 bits per heavy atom. The van der Waals surface area contributed by atoms with Gasteiger partial charge in [-0.25, -0.2) is 0 Å².